The van der Waals surface area contributed by atoms with E-state index >= 15 is 0 Å². The lowest BCUT2D eigenvalue weighted by Gasteiger charge is -2.11. The fourth-order valence-electron chi connectivity index (χ4n) is 3.08. The minimum atomic E-state index is -0.463. The normalized spacial score (nSPS) is 10.8. The summed E-state index contributed by atoms with van der Waals surface area (Å²) in [7, 11) is 1.57. The van der Waals surface area contributed by atoms with Gasteiger partial charge in [-0.25, -0.2) is 5.43 Å². The second-order valence-corrected chi connectivity index (χ2v) is 7.06. The summed E-state index contributed by atoms with van der Waals surface area (Å²) in [6.45, 7) is 0.421. The maximum atomic E-state index is 12.4. The summed E-state index contributed by atoms with van der Waals surface area (Å²) in [4.78, 5) is 12.4. The molecule has 0 bridgehead atoms. The summed E-state index contributed by atoms with van der Waals surface area (Å²) < 4.78 is 11.4. The highest BCUT2D eigenvalue weighted by Crippen LogP contribution is 2.32. The highest BCUT2D eigenvalue weighted by Gasteiger charge is 2.13. The predicted molar refractivity (Wildman–Crippen MR) is 125 cm³/mol. The van der Waals surface area contributed by atoms with Crippen molar-refractivity contribution < 1.29 is 19.4 Å². The molecule has 8 nitrogen and oxygen atoms in total. The van der Waals surface area contributed by atoms with E-state index in [-0.39, 0.29) is 11.4 Å². The quantitative estimate of drug-likeness (QED) is 0.281. The fourth-order valence-corrected chi connectivity index (χ4v) is 3.08. The van der Waals surface area contributed by atoms with Crippen molar-refractivity contribution in [2.24, 2.45) is 5.10 Å². The predicted octanol–water partition coefficient (Wildman–Crippen LogP) is 4.13. The molecule has 3 N–H and O–H groups in total. The Kier molecular flexibility index (Phi) is 6.65. The number of amides is 1. The Balaban J connectivity index is 1.43. The standard InChI is InChI=1S/C25H22N4O4/c1-32-24-13-18(11-12-23(24)33-16-17-7-3-2-4-8-17)20-14-21(28-27-20)25(31)29-26-15-19-9-5-6-10-22(19)30/h2-15,30H,16H2,1H3,(H,27,28)(H,29,31). The molecule has 1 amide bonds. The van der Waals surface area contributed by atoms with Crippen LogP contribution in [0.3, 0.4) is 0 Å². The van der Waals surface area contributed by atoms with E-state index in [0.717, 1.165) is 11.1 Å². The number of nitrogens with one attached hydrogen (secondary N) is 2. The molecule has 0 aliphatic heterocycles. The Morgan fingerprint density at radius 1 is 1.06 bits per heavy atom. The van der Waals surface area contributed by atoms with E-state index in [9.17, 15) is 9.90 Å². The highest BCUT2D eigenvalue weighted by molar-refractivity contribution is 5.94. The first kappa shape index (κ1) is 21.6. The molecule has 1 aromatic heterocycles. The smallest absolute Gasteiger partial charge is 0.289 e. The number of aromatic amines is 1. The van der Waals surface area contributed by atoms with Crippen LogP contribution in [0.25, 0.3) is 11.3 Å². The number of hydrogen-bond acceptors (Lipinski definition) is 6. The minimum Gasteiger partial charge on any atom is -0.507 e. The van der Waals surface area contributed by atoms with Crippen molar-refractivity contribution in [2.75, 3.05) is 7.11 Å². The van der Waals surface area contributed by atoms with Gasteiger partial charge < -0.3 is 14.6 Å². The van der Waals surface area contributed by atoms with Gasteiger partial charge in [0.25, 0.3) is 5.91 Å². The molecule has 0 aliphatic carbocycles. The number of aromatic hydroxyl groups is 1. The van der Waals surface area contributed by atoms with Crippen molar-refractivity contribution in [1.29, 1.82) is 0 Å². The molecule has 0 saturated carbocycles. The number of phenolic OH excluding ortho intramolecular Hbond substituents is 1. The number of benzene rings is 3. The molecule has 4 rings (SSSR count). The zero-order chi connectivity index (χ0) is 23.0. The Morgan fingerprint density at radius 3 is 2.64 bits per heavy atom. The molecule has 0 fully saturated rings. The maximum absolute atomic E-state index is 12.4. The molecule has 33 heavy (non-hydrogen) atoms. The summed E-state index contributed by atoms with van der Waals surface area (Å²) in [5, 5.41) is 20.5. The van der Waals surface area contributed by atoms with Crippen LogP contribution < -0.4 is 14.9 Å². The van der Waals surface area contributed by atoms with Crippen LogP contribution in [0.4, 0.5) is 0 Å². The number of rotatable bonds is 8. The molecule has 166 valence electrons. The third kappa shape index (κ3) is 5.37. The third-order valence-corrected chi connectivity index (χ3v) is 4.83. The number of H-pyrrole nitrogens is 1. The summed E-state index contributed by atoms with van der Waals surface area (Å²) >= 11 is 0. The number of hydrogen-bond donors (Lipinski definition) is 3. The third-order valence-electron chi connectivity index (χ3n) is 4.83. The Labute approximate surface area is 190 Å². The SMILES string of the molecule is COc1cc(-c2cc(C(=O)NN=Cc3ccccc3O)[nH]n2)ccc1OCc1ccccc1. The lowest BCUT2D eigenvalue weighted by Crippen LogP contribution is -2.18. The van der Waals surface area contributed by atoms with Crippen LogP contribution >= 0.6 is 0 Å². The van der Waals surface area contributed by atoms with Crippen LogP contribution in [0, 0.1) is 0 Å². The number of para-hydroxylation sites is 1. The van der Waals surface area contributed by atoms with E-state index in [0.29, 0.717) is 29.4 Å². The molecule has 4 aromatic rings. The van der Waals surface area contributed by atoms with E-state index in [1.165, 1.54) is 12.3 Å². The number of hydrazone groups is 1. The van der Waals surface area contributed by atoms with Gasteiger partial charge in [0.2, 0.25) is 0 Å². The average Bonchev–Trinajstić information content (AvgIpc) is 3.35. The van der Waals surface area contributed by atoms with Gasteiger partial charge in [0, 0.05) is 11.1 Å². The van der Waals surface area contributed by atoms with Gasteiger partial charge in [0.1, 0.15) is 18.1 Å². The molecular weight excluding hydrogens is 420 g/mol. The number of ether oxygens (including phenoxy) is 2. The van der Waals surface area contributed by atoms with Crippen LogP contribution in [-0.2, 0) is 6.61 Å². The zero-order valence-electron chi connectivity index (χ0n) is 17.9. The summed E-state index contributed by atoms with van der Waals surface area (Å²) in [5.74, 6) is 0.779. The van der Waals surface area contributed by atoms with Crippen molar-refractivity contribution in [3.63, 3.8) is 0 Å². The van der Waals surface area contributed by atoms with Crippen molar-refractivity contribution in [1.82, 2.24) is 15.6 Å². The topological polar surface area (TPSA) is 109 Å². The lowest BCUT2D eigenvalue weighted by atomic mass is 10.1. The molecule has 0 spiro atoms. The van der Waals surface area contributed by atoms with E-state index in [1.807, 2.05) is 42.5 Å². The number of nitrogens with zero attached hydrogens (tertiary/aromatic N) is 2. The summed E-state index contributed by atoms with van der Waals surface area (Å²) in [6.07, 6.45) is 1.36. The van der Waals surface area contributed by atoms with Gasteiger partial charge in [-0.3, -0.25) is 9.89 Å². The molecule has 0 atom stereocenters. The number of carbonyl (C=O) groups is 1. The molecule has 0 unspecified atom stereocenters. The van der Waals surface area contributed by atoms with Gasteiger partial charge in [0.15, 0.2) is 11.5 Å². The highest BCUT2D eigenvalue weighted by atomic mass is 16.5. The second-order valence-electron chi connectivity index (χ2n) is 7.06. The van der Waals surface area contributed by atoms with Gasteiger partial charge >= 0.3 is 0 Å². The van der Waals surface area contributed by atoms with Crippen molar-refractivity contribution in [2.45, 2.75) is 6.61 Å². The van der Waals surface area contributed by atoms with Crippen LogP contribution in [0.15, 0.2) is 84.0 Å². The molecule has 0 aliphatic rings. The lowest BCUT2D eigenvalue weighted by molar-refractivity contribution is 0.0950. The van der Waals surface area contributed by atoms with Gasteiger partial charge in [-0.05, 0) is 42.0 Å². The van der Waals surface area contributed by atoms with E-state index in [4.69, 9.17) is 9.47 Å². The van der Waals surface area contributed by atoms with Gasteiger partial charge in [-0.2, -0.15) is 10.2 Å². The Bertz CT molecular complexity index is 1270. The zero-order valence-corrected chi connectivity index (χ0v) is 17.9. The molecule has 8 heteroatoms. The van der Waals surface area contributed by atoms with E-state index < -0.39 is 5.91 Å². The van der Waals surface area contributed by atoms with Crippen LogP contribution in [0.5, 0.6) is 17.2 Å². The number of carbonyl (C=O) groups excluding carboxylic acids is 1. The monoisotopic (exact) mass is 442 g/mol. The summed E-state index contributed by atoms with van der Waals surface area (Å²) in [5.41, 5.74) is 5.51. The van der Waals surface area contributed by atoms with Crippen molar-refractivity contribution >= 4 is 12.1 Å². The second kappa shape index (κ2) is 10.1. The molecular formula is C25H22N4O4. The molecule has 0 saturated heterocycles. The number of methoxy groups -OCH3 is 1. The first-order chi connectivity index (χ1) is 16.1. The van der Waals surface area contributed by atoms with Gasteiger partial charge in [-0.15, -0.1) is 0 Å². The average molecular weight is 442 g/mol. The Hall–Kier alpha value is -4.59. The molecule has 0 radical (unpaired) electrons. The molecule has 1 heterocycles. The van der Waals surface area contributed by atoms with Crippen LogP contribution in [0.1, 0.15) is 21.6 Å². The molecule has 3 aromatic carbocycles. The van der Waals surface area contributed by atoms with Gasteiger partial charge in [-0.1, -0.05) is 42.5 Å². The number of aromatic nitrogens is 2. The number of phenols is 1. The van der Waals surface area contributed by atoms with Crippen LogP contribution in [0.2, 0.25) is 0 Å². The fraction of sp³-hybridized carbons (Fsp3) is 0.0800. The first-order valence-corrected chi connectivity index (χ1v) is 10.2. The van der Waals surface area contributed by atoms with E-state index in [2.05, 4.69) is 20.7 Å². The van der Waals surface area contributed by atoms with E-state index in [1.54, 1.807) is 37.4 Å². The largest absolute Gasteiger partial charge is 0.507 e. The Morgan fingerprint density at radius 2 is 1.85 bits per heavy atom. The van der Waals surface area contributed by atoms with Gasteiger partial charge in [0.05, 0.1) is 19.0 Å². The van der Waals surface area contributed by atoms with Crippen molar-refractivity contribution in [3.05, 3.63) is 95.7 Å². The van der Waals surface area contributed by atoms with Crippen molar-refractivity contribution in [3.8, 4) is 28.5 Å². The maximum Gasteiger partial charge on any atom is 0.289 e. The minimum absolute atomic E-state index is 0.0736. The van der Waals surface area contributed by atoms with Crippen LogP contribution in [-0.4, -0.2) is 34.5 Å². The first-order valence-electron chi connectivity index (χ1n) is 10.2. The summed E-state index contributed by atoms with van der Waals surface area (Å²) in [6, 6.07) is 23.6.